The van der Waals surface area contributed by atoms with E-state index in [4.69, 9.17) is 0 Å². The summed E-state index contributed by atoms with van der Waals surface area (Å²) in [7, 11) is 0. The normalized spacial score (nSPS) is 22.8. The summed E-state index contributed by atoms with van der Waals surface area (Å²) in [4.78, 5) is 5.31. The molecule has 1 aliphatic heterocycles. The Balaban J connectivity index is 1.54. The predicted molar refractivity (Wildman–Crippen MR) is 86.5 cm³/mol. The minimum absolute atomic E-state index is 0.873. The quantitative estimate of drug-likeness (QED) is 0.755. The summed E-state index contributed by atoms with van der Waals surface area (Å²) < 4.78 is 0. The van der Waals surface area contributed by atoms with Crippen molar-refractivity contribution in [1.82, 2.24) is 4.90 Å². The van der Waals surface area contributed by atoms with E-state index in [0.29, 0.717) is 0 Å². The van der Waals surface area contributed by atoms with Crippen LogP contribution in [0.25, 0.3) is 0 Å². The molecule has 2 aliphatic rings. The summed E-state index contributed by atoms with van der Waals surface area (Å²) >= 11 is 0. The smallest absolute Gasteiger partial charge is 0.0367 e. The minimum atomic E-state index is 0.873. The molecule has 1 heterocycles. The summed E-state index contributed by atoms with van der Waals surface area (Å²) in [5.74, 6) is 0. The van der Waals surface area contributed by atoms with Gasteiger partial charge in [0.1, 0.15) is 0 Å². The number of benzene rings is 1. The van der Waals surface area contributed by atoms with Crippen molar-refractivity contribution in [3.05, 3.63) is 29.8 Å². The molecule has 1 aromatic rings. The van der Waals surface area contributed by atoms with Crippen LogP contribution in [0.15, 0.2) is 24.3 Å². The van der Waals surface area contributed by atoms with Crippen LogP contribution in [0.1, 0.15) is 44.1 Å². The first-order chi connectivity index (χ1) is 9.83. The third-order valence-corrected chi connectivity index (χ3v) is 5.05. The molecule has 0 N–H and O–H groups in total. The molecule has 1 saturated carbocycles. The average Bonchev–Trinajstić information content (AvgIpc) is 2.77. The molecule has 20 heavy (non-hydrogen) atoms. The Hall–Kier alpha value is -1.02. The van der Waals surface area contributed by atoms with Gasteiger partial charge in [-0.15, -0.1) is 0 Å². The van der Waals surface area contributed by atoms with Crippen molar-refractivity contribution in [3.63, 3.8) is 0 Å². The summed E-state index contributed by atoms with van der Waals surface area (Å²) in [6, 6.07) is 9.88. The Morgan fingerprint density at radius 3 is 2.00 bits per heavy atom. The van der Waals surface area contributed by atoms with Gasteiger partial charge in [0, 0.05) is 37.9 Å². The van der Waals surface area contributed by atoms with Crippen LogP contribution >= 0.6 is 0 Å². The van der Waals surface area contributed by atoms with E-state index in [1.54, 1.807) is 0 Å². The molecular weight excluding hydrogens is 244 g/mol. The fourth-order valence-electron chi connectivity index (χ4n) is 3.72. The van der Waals surface area contributed by atoms with Crippen LogP contribution in [0.2, 0.25) is 0 Å². The molecule has 0 radical (unpaired) electrons. The zero-order chi connectivity index (χ0) is 13.8. The van der Waals surface area contributed by atoms with Crippen LogP contribution in [0.5, 0.6) is 0 Å². The SMILES string of the molecule is Cc1ccc(N2CCN(C3CCCCCC3)CC2)cc1. The van der Waals surface area contributed by atoms with Crippen molar-refractivity contribution in [2.75, 3.05) is 31.1 Å². The number of anilines is 1. The molecule has 0 spiro atoms. The Morgan fingerprint density at radius 1 is 0.800 bits per heavy atom. The van der Waals surface area contributed by atoms with Crippen molar-refractivity contribution >= 4 is 5.69 Å². The second kappa shape index (κ2) is 6.62. The molecule has 3 rings (SSSR count). The molecular formula is C18H28N2. The summed E-state index contributed by atoms with van der Waals surface area (Å²) in [6.45, 7) is 7.05. The fraction of sp³-hybridized carbons (Fsp3) is 0.667. The maximum Gasteiger partial charge on any atom is 0.0367 e. The van der Waals surface area contributed by atoms with E-state index in [0.717, 1.165) is 6.04 Å². The van der Waals surface area contributed by atoms with E-state index in [-0.39, 0.29) is 0 Å². The molecule has 1 aliphatic carbocycles. The molecule has 2 fully saturated rings. The van der Waals surface area contributed by atoms with Crippen molar-refractivity contribution in [1.29, 1.82) is 0 Å². The second-order valence-electron chi connectivity index (χ2n) is 6.50. The Morgan fingerprint density at radius 2 is 1.40 bits per heavy atom. The van der Waals surface area contributed by atoms with Gasteiger partial charge in [0.2, 0.25) is 0 Å². The lowest BCUT2D eigenvalue weighted by Crippen LogP contribution is -2.50. The van der Waals surface area contributed by atoms with Gasteiger partial charge in [-0.3, -0.25) is 4.90 Å². The largest absolute Gasteiger partial charge is 0.369 e. The van der Waals surface area contributed by atoms with Gasteiger partial charge in [0.15, 0.2) is 0 Å². The van der Waals surface area contributed by atoms with Crippen molar-refractivity contribution in [2.45, 2.75) is 51.5 Å². The van der Waals surface area contributed by atoms with Gasteiger partial charge >= 0.3 is 0 Å². The molecule has 0 bridgehead atoms. The molecule has 0 amide bonds. The molecule has 0 aromatic heterocycles. The van der Waals surface area contributed by atoms with Gasteiger partial charge in [0.25, 0.3) is 0 Å². The summed E-state index contributed by atoms with van der Waals surface area (Å²) in [6.07, 6.45) is 8.68. The van der Waals surface area contributed by atoms with Gasteiger partial charge in [-0.05, 0) is 31.9 Å². The summed E-state index contributed by atoms with van der Waals surface area (Å²) in [5, 5.41) is 0. The van der Waals surface area contributed by atoms with Crippen LogP contribution < -0.4 is 4.90 Å². The number of hydrogen-bond donors (Lipinski definition) is 0. The molecule has 1 saturated heterocycles. The van der Waals surface area contributed by atoms with Gasteiger partial charge < -0.3 is 4.90 Å². The van der Waals surface area contributed by atoms with E-state index in [9.17, 15) is 0 Å². The van der Waals surface area contributed by atoms with E-state index < -0.39 is 0 Å². The molecule has 0 unspecified atom stereocenters. The Bertz CT molecular complexity index is 396. The number of hydrogen-bond acceptors (Lipinski definition) is 2. The van der Waals surface area contributed by atoms with Gasteiger partial charge in [-0.2, -0.15) is 0 Å². The Labute approximate surface area is 123 Å². The van der Waals surface area contributed by atoms with Crippen molar-refractivity contribution < 1.29 is 0 Å². The first kappa shape index (κ1) is 13.9. The highest BCUT2D eigenvalue weighted by atomic mass is 15.3. The maximum atomic E-state index is 2.76. The summed E-state index contributed by atoms with van der Waals surface area (Å²) in [5.41, 5.74) is 2.75. The third-order valence-electron chi connectivity index (χ3n) is 5.05. The van der Waals surface area contributed by atoms with E-state index in [2.05, 4.69) is 41.0 Å². The Kier molecular flexibility index (Phi) is 4.62. The van der Waals surface area contributed by atoms with Gasteiger partial charge in [0.05, 0.1) is 0 Å². The molecule has 0 atom stereocenters. The fourth-order valence-corrected chi connectivity index (χ4v) is 3.72. The van der Waals surface area contributed by atoms with Crippen LogP contribution in [0.4, 0.5) is 5.69 Å². The van der Waals surface area contributed by atoms with E-state index in [1.165, 1.54) is 76.0 Å². The molecule has 2 nitrogen and oxygen atoms in total. The van der Waals surface area contributed by atoms with Gasteiger partial charge in [-0.1, -0.05) is 43.4 Å². The minimum Gasteiger partial charge on any atom is -0.369 e. The lowest BCUT2D eigenvalue weighted by atomic mass is 10.1. The monoisotopic (exact) mass is 272 g/mol. The number of piperazine rings is 1. The van der Waals surface area contributed by atoms with Crippen LogP contribution in [0.3, 0.4) is 0 Å². The first-order valence-corrected chi connectivity index (χ1v) is 8.38. The van der Waals surface area contributed by atoms with Crippen molar-refractivity contribution in [2.24, 2.45) is 0 Å². The number of rotatable bonds is 2. The first-order valence-electron chi connectivity index (χ1n) is 8.38. The molecule has 110 valence electrons. The number of nitrogens with zero attached hydrogens (tertiary/aromatic N) is 2. The second-order valence-corrected chi connectivity index (χ2v) is 6.50. The average molecular weight is 272 g/mol. The molecule has 1 aromatic carbocycles. The zero-order valence-electron chi connectivity index (χ0n) is 12.9. The lowest BCUT2D eigenvalue weighted by Gasteiger charge is -2.40. The highest BCUT2D eigenvalue weighted by molar-refractivity contribution is 5.47. The highest BCUT2D eigenvalue weighted by Crippen LogP contribution is 2.24. The third kappa shape index (κ3) is 3.35. The van der Waals surface area contributed by atoms with Crippen LogP contribution in [-0.4, -0.2) is 37.1 Å². The molecule has 2 heteroatoms. The topological polar surface area (TPSA) is 6.48 Å². The van der Waals surface area contributed by atoms with E-state index >= 15 is 0 Å². The maximum absolute atomic E-state index is 2.76. The van der Waals surface area contributed by atoms with Crippen LogP contribution in [0, 0.1) is 6.92 Å². The lowest BCUT2D eigenvalue weighted by molar-refractivity contribution is 0.169. The highest BCUT2D eigenvalue weighted by Gasteiger charge is 2.24. The van der Waals surface area contributed by atoms with E-state index in [1.807, 2.05) is 0 Å². The standard InChI is InChI=1S/C18H28N2/c1-16-8-10-18(11-9-16)20-14-12-19(13-15-20)17-6-4-2-3-5-7-17/h8-11,17H,2-7,12-15H2,1H3. The predicted octanol–water partition coefficient (Wildman–Crippen LogP) is 3.84. The van der Waals surface area contributed by atoms with Crippen LogP contribution in [-0.2, 0) is 0 Å². The van der Waals surface area contributed by atoms with Gasteiger partial charge in [-0.25, -0.2) is 0 Å². The van der Waals surface area contributed by atoms with Crippen molar-refractivity contribution in [3.8, 4) is 0 Å². The zero-order valence-corrected chi connectivity index (χ0v) is 12.9. The number of aryl methyl sites for hydroxylation is 1.